The van der Waals surface area contributed by atoms with Crippen molar-refractivity contribution in [3.8, 4) is 0 Å². The van der Waals surface area contributed by atoms with Gasteiger partial charge in [0.2, 0.25) is 0 Å². The predicted octanol–water partition coefficient (Wildman–Crippen LogP) is 1.07. The molecule has 0 saturated carbocycles. The zero-order valence-corrected chi connectivity index (χ0v) is 11.6. The van der Waals surface area contributed by atoms with Crippen LogP contribution in [0.4, 0.5) is 0 Å². The average molecular weight is 251 g/mol. The molecule has 0 amide bonds. The van der Waals surface area contributed by atoms with E-state index in [1.165, 1.54) is 6.26 Å². The topological polar surface area (TPSA) is 55.4 Å². The van der Waals surface area contributed by atoms with Crippen LogP contribution in [0.25, 0.3) is 0 Å². The van der Waals surface area contributed by atoms with Crippen LogP contribution in [0.5, 0.6) is 0 Å². The molecule has 0 spiro atoms. The summed E-state index contributed by atoms with van der Waals surface area (Å²) in [6.45, 7) is 2.90. The average Bonchev–Trinajstić information content (AvgIpc) is 2.14. The lowest BCUT2D eigenvalue weighted by Gasteiger charge is -2.19. The van der Waals surface area contributed by atoms with E-state index in [1.807, 2.05) is 7.05 Å². The lowest BCUT2D eigenvalue weighted by Crippen LogP contribution is -2.29. The largest absolute Gasteiger partial charge is 0.384 e. The Hall–Kier alpha value is -0.130. The summed E-state index contributed by atoms with van der Waals surface area (Å²) < 4.78 is 27.1. The van der Waals surface area contributed by atoms with Crippen molar-refractivity contribution >= 4 is 9.84 Å². The van der Waals surface area contributed by atoms with Crippen molar-refractivity contribution in [2.24, 2.45) is 5.92 Å². The van der Waals surface area contributed by atoms with Gasteiger partial charge >= 0.3 is 0 Å². The van der Waals surface area contributed by atoms with E-state index in [4.69, 9.17) is 4.74 Å². The molecule has 16 heavy (non-hydrogen) atoms. The second-order valence-electron chi connectivity index (χ2n) is 4.55. The van der Waals surface area contributed by atoms with Crippen molar-refractivity contribution in [1.29, 1.82) is 0 Å². The molecular weight excluding hydrogens is 226 g/mol. The van der Waals surface area contributed by atoms with Gasteiger partial charge in [-0.3, -0.25) is 0 Å². The van der Waals surface area contributed by atoms with Crippen LogP contribution in [0.15, 0.2) is 0 Å². The maximum atomic E-state index is 11.0. The van der Waals surface area contributed by atoms with Crippen molar-refractivity contribution in [2.75, 3.05) is 32.8 Å². The van der Waals surface area contributed by atoms with Gasteiger partial charge in [0.1, 0.15) is 9.84 Å². The predicted molar refractivity (Wildman–Crippen MR) is 67.4 cm³/mol. The third-order valence-electron chi connectivity index (χ3n) is 2.61. The molecule has 0 aromatic heterocycles. The van der Waals surface area contributed by atoms with E-state index < -0.39 is 9.84 Å². The van der Waals surface area contributed by atoms with E-state index in [1.54, 1.807) is 7.11 Å². The standard InChI is InChI=1S/C11H25NO3S/c1-10(9-15-3)8-11(12-2)6-5-7-16(4,13)14/h10-12H,5-9H2,1-4H3. The van der Waals surface area contributed by atoms with Crippen molar-refractivity contribution < 1.29 is 13.2 Å². The molecule has 0 bridgehead atoms. The molecule has 98 valence electrons. The molecule has 1 N–H and O–H groups in total. The quantitative estimate of drug-likeness (QED) is 0.666. The number of methoxy groups -OCH3 is 1. The number of hydrogen-bond acceptors (Lipinski definition) is 4. The first kappa shape index (κ1) is 15.9. The molecule has 0 saturated heterocycles. The molecule has 0 aliphatic rings. The van der Waals surface area contributed by atoms with Crippen LogP contribution in [0.3, 0.4) is 0 Å². The van der Waals surface area contributed by atoms with E-state index in [0.717, 1.165) is 25.9 Å². The second kappa shape index (κ2) is 8.03. The van der Waals surface area contributed by atoms with Crippen molar-refractivity contribution in [3.05, 3.63) is 0 Å². The highest BCUT2D eigenvalue weighted by Crippen LogP contribution is 2.11. The smallest absolute Gasteiger partial charge is 0.147 e. The second-order valence-corrected chi connectivity index (χ2v) is 6.81. The minimum Gasteiger partial charge on any atom is -0.384 e. The SMILES string of the molecule is CNC(CCCS(C)(=O)=O)CC(C)COC. The van der Waals surface area contributed by atoms with Crippen LogP contribution in [0, 0.1) is 5.92 Å². The summed E-state index contributed by atoms with van der Waals surface area (Å²) in [5.74, 6) is 0.782. The Morgan fingerprint density at radius 1 is 1.38 bits per heavy atom. The molecule has 2 atom stereocenters. The summed E-state index contributed by atoms with van der Waals surface area (Å²) in [5, 5.41) is 3.23. The molecular formula is C11H25NO3S. The van der Waals surface area contributed by atoms with Crippen LogP contribution in [-0.4, -0.2) is 47.2 Å². The Morgan fingerprint density at radius 3 is 2.44 bits per heavy atom. The van der Waals surface area contributed by atoms with Gasteiger partial charge < -0.3 is 10.1 Å². The number of ether oxygens (including phenoxy) is 1. The van der Waals surface area contributed by atoms with Gasteiger partial charge in [-0.05, 0) is 32.2 Å². The van der Waals surface area contributed by atoms with Crippen LogP contribution in [-0.2, 0) is 14.6 Å². The normalized spacial score (nSPS) is 16.0. The molecule has 4 nitrogen and oxygen atoms in total. The highest BCUT2D eigenvalue weighted by Gasteiger charge is 2.12. The first-order chi connectivity index (χ1) is 7.39. The minimum atomic E-state index is -2.82. The molecule has 0 aromatic rings. The van der Waals surface area contributed by atoms with Crippen molar-refractivity contribution in [3.63, 3.8) is 0 Å². The van der Waals surface area contributed by atoms with Crippen molar-refractivity contribution in [1.82, 2.24) is 5.32 Å². The Labute approximate surface area is 99.7 Å². The Morgan fingerprint density at radius 2 is 2.00 bits per heavy atom. The Balaban J connectivity index is 3.83. The zero-order chi connectivity index (χ0) is 12.6. The van der Waals surface area contributed by atoms with E-state index >= 15 is 0 Å². The van der Waals surface area contributed by atoms with Gasteiger partial charge in [0.15, 0.2) is 0 Å². The number of hydrogen-bond donors (Lipinski definition) is 1. The number of rotatable bonds is 9. The van der Waals surface area contributed by atoms with Gasteiger partial charge in [0, 0.05) is 31.8 Å². The van der Waals surface area contributed by atoms with E-state index in [0.29, 0.717) is 12.0 Å². The molecule has 0 aliphatic heterocycles. The van der Waals surface area contributed by atoms with Gasteiger partial charge in [0.25, 0.3) is 0 Å². The Kier molecular flexibility index (Phi) is 7.97. The fraction of sp³-hybridized carbons (Fsp3) is 1.00. The lowest BCUT2D eigenvalue weighted by molar-refractivity contribution is 0.149. The zero-order valence-electron chi connectivity index (χ0n) is 10.8. The third-order valence-corrected chi connectivity index (χ3v) is 3.64. The molecule has 0 radical (unpaired) electrons. The summed E-state index contributed by atoms with van der Waals surface area (Å²) in [6.07, 6.45) is 3.94. The summed E-state index contributed by atoms with van der Waals surface area (Å²) in [7, 11) is 0.805. The summed E-state index contributed by atoms with van der Waals surface area (Å²) >= 11 is 0. The van der Waals surface area contributed by atoms with Gasteiger partial charge in [0.05, 0.1) is 0 Å². The number of nitrogens with one attached hydrogen (secondary N) is 1. The highest BCUT2D eigenvalue weighted by atomic mass is 32.2. The van der Waals surface area contributed by atoms with Gasteiger partial charge in [-0.25, -0.2) is 8.42 Å². The maximum Gasteiger partial charge on any atom is 0.147 e. The first-order valence-corrected chi connectivity index (χ1v) is 7.79. The van der Waals surface area contributed by atoms with Gasteiger partial charge in [-0.1, -0.05) is 6.92 Å². The molecule has 2 unspecified atom stereocenters. The van der Waals surface area contributed by atoms with Crippen LogP contribution in [0.1, 0.15) is 26.2 Å². The van der Waals surface area contributed by atoms with Crippen molar-refractivity contribution in [2.45, 2.75) is 32.2 Å². The molecule has 0 heterocycles. The van der Waals surface area contributed by atoms with Crippen LogP contribution >= 0.6 is 0 Å². The Bertz CT molecular complexity index is 264. The van der Waals surface area contributed by atoms with E-state index in [2.05, 4.69) is 12.2 Å². The van der Waals surface area contributed by atoms with Crippen LogP contribution in [0.2, 0.25) is 0 Å². The van der Waals surface area contributed by atoms with Crippen LogP contribution < -0.4 is 5.32 Å². The summed E-state index contributed by atoms with van der Waals surface area (Å²) in [5.41, 5.74) is 0. The summed E-state index contributed by atoms with van der Waals surface area (Å²) in [4.78, 5) is 0. The minimum absolute atomic E-state index is 0.282. The highest BCUT2D eigenvalue weighted by molar-refractivity contribution is 7.90. The van der Waals surface area contributed by atoms with E-state index in [9.17, 15) is 8.42 Å². The molecule has 0 rings (SSSR count). The number of sulfone groups is 1. The molecule has 0 fully saturated rings. The molecule has 5 heteroatoms. The lowest BCUT2D eigenvalue weighted by atomic mass is 9.99. The first-order valence-electron chi connectivity index (χ1n) is 5.73. The van der Waals surface area contributed by atoms with Gasteiger partial charge in [-0.15, -0.1) is 0 Å². The summed E-state index contributed by atoms with van der Waals surface area (Å²) in [6, 6.07) is 0.381. The fourth-order valence-electron chi connectivity index (χ4n) is 1.81. The third kappa shape index (κ3) is 9.12. The van der Waals surface area contributed by atoms with Gasteiger partial charge in [-0.2, -0.15) is 0 Å². The fourth-order valence-corrected chi connectivity index (χ4v) is 2.50. The molecule has 0 aliphatic carbocycles. The monoisotopic (exact) mass is 251 g/mol. The molecule has 0 aromatic carbocycles. The van der Waals surface area contributed by atoms with E-state index in [-0.39, 0.29) is 5.75 Å². The maximum absolute atomic E-state index is 11.0.